The molecule has 1 aromatic rings. The van der Waals surface area contributed by atoms with E-state index < -0.39 is 27.9 Å². The molecule has 8 heteroatoms. The number of hydrogen-bond acceptors (Lipinski definition) is 6. The second-order valence-electron chi connectivity index (χ2n) is 4.99. The van der Waals surface area contributed by atoms with E-state index in [9.17, 15) is 13.2 Å². The van der Waals surface area contributed by atoms with Crippen molar-refractivity contribution >= 4 is 15.7 Å². The Hall–Kier alpha value is -1.80. The molecule has 1 aromatic carbocycles. The van der Waals surface area contributed by atoms with E-state index in [-0.39, 0.29) is 18.1 Å². The van der Waals surface area contributed by atoms with Crippen molar-refractivity contribution in [1.82, 2.24) is 5.32 Å². The van der Waals surface area contributed by atoms with Crippen molar-refractivity contribution in [3.8, 4) is 11.5 Å². The molecule has 1 heterocycles. The second-order valence-corrected chi connectivity index (χ2v) is 7.15. The highest BCUT2D eigenvalue weighted by molar-refractivity contribution is 7.91. The van der Waals surface area contributed by atoms with Gasteiger partial charge in [0, 0.05) is 13.2 Å². The molecule has 1 saturated heterocycles. The maximum Gasteiger partial charge on any atom is 0.258 e. The average Bonchev–Trinajstić information content (AvgIpc) is 2.79. The summed E-state index contributed by atoms with van der Waals surface area (Å²) in [7, 11) is -0.209. The molecule has 2 rings (SSSR count). The number of carbonyl (C=O) groups is 1. The molecule has 0 aromatic heterocycles. The van der Waals surface area contributed by atoms with Crippen molar-refractivity contribution in [2.24, 2.45) is 0 Å². The molecule has 0 unspecified atom stereocenters. The quantitative estimate of drug-likeness (QED) is 0.790. The Bertz CT molecular complexity index is 630. The third-order valence-corrected chi connectivity index (χ3v) is 5.06. The van der Waals surface area contributed by atoms with Crippen LogP contribution in [0.5, 0.6) is 11.5 Å². The summed E-state index contributed by atoms with van der Waals surface area (Å²) < 4.78 is 38.6. The highest BCUT2D eigenvalue weighted by atomic mass is 32.2. The molecular formula is C14H19NO6S. The van der Waals surface area contributed by atoms with E-state index in [1.165, 1.54) is 14.2 Å². The number of amides is 1. The van der Waals surface area contributed by atoms with Gasteiger partial charge in [-0.15, -0.1) is 0 Å². The summed E-state index contributed by atoms with van der Waals surface area (Å²) >= 11 is 0. The Kier molecular flexibility index (Phi) is 5.25. The molecule has 1 amide bonds. The van der Waals surface area contributed by atoms with Gasteiger partial charge in [-0.2, -0.15) is 0 Å². The van der Waals surface area contributed by atoms with E-state index >= 15 is 0 Å². The predicted octanol–water partition coefficient (Wildman–Crippen LogP) is 0.00220. The first-order chi connectivity index (χ1) is 10.4. The average molecular weight is 329 g/mol. The predicted molar refractivity (Wildman–Crippen MR) is 79.9 cm³/mol. The molecule has 1 fully saturated rings. The number of methoxy groups -OCH3 is 2. The fraction of sp³-hybridized carbons (Fsp3) is 0.500. The highest BCUT2D eigenvalue weighted by Crippen LogP contribution is 2.19. The van der Waals surface area contributed by atoms with Gasteiger partial charge in [0.25, 0.3) is 5.91 Å². The Labute approximate surface area is 129 Å². The van der Waals surface area contributed by atoms with Gasteiger partial charge in [0.1, 0.15) is 11.5 Å². The molecule has 0 aliphatic carbocycles. The lowest BCUT2D eigenvalue weighted by molar-refractivity contribution is -0.124. The van der Waals surface area contributed by atoms with E-state index in [0.717, 1.165) is 0 Å². The number of carbonyl (C=O) groups excluding carboxylic acids is 1. The molecule has 122 valence electrons. The molecule has 0 saturated carbocycles. The minimum Gasteiger partial charge on any atom is -0.497 e. The molecule has 2 atom stereocenters. The Balaban J connectivity index is 1.87. The first kappa shape index (κ1) is 16.6. The van der Waals surface area contributed by atoms with Gasteiger partial charge in [-0.3, -0.25) is 4.79 Å². The molecule has 0 radical (unpaired) electrons. The Morgan fingerprint density at radius 3 is 2.68 bits per heavy atom. The molecule has 7 nitrogen and oxygen atoms in total. The van der Waals surface area contributed by atoms with Crippen LogP contribution in [0.25, 0.3) is 0 Å². The summed E-state index contributed by atoms with van der Waals surface area (Å²) in [4.78, 5) is 11.9. The third-order valence-electron chi connectivity index (χ3n) is 3.36. The molecule has 1 N–H and O–H groups in total. The van der Waals surface area contributed by atoms with E-state index in [4.69, 9.17) is 14.2 Å². The summed E-state index contributed by atoms with van der Waals surface area (Å²) in [5.74, 6) is 0.532. The number of rotatable bonds is 6. The van der Waals surface area contributed by atoms with Crippen LogP contribution >= 0.6 is 0 Å². The summed E-state index contributed by atoms with van der Waals surface area (Å²) in [6.45, 7) is -0.208. The summed E-state index contributed by atoms with van der Waals surface area (Å²) in [5, 5.41) is 2.63. The maximum atomic E-state index is 11.9. The molecule has 22 heavy (non-hydrogen) atoms. The zero-order valence-electron chi connectivity index (χ0n) is 12.4. The normalized spacial score (nSPS) is 23.0. The van der Waals surface area contributed by atoms with Crippen LogP contribution in [0.3, 0.4) is 0 Å². The summed E-state index contributed by atoms with van der Waals surface area (Å²) in [5.41, 5.74) is 0. The number of sulfone groups is 1. The summed E-state index contributed by atoms with van der Waals surface area (Å²) in [6, 6.07) is 6.33. The van der Waals surface area contributed by atoms with Gasteiger partial charge in [0.15, 0.2) is 16.4 Å². The van der Waals surface area contributed by atoms with Crippen LogP contribution in [0.15, 0.2) is 24.3 Å². The van der Waals surface area contributed by atoms with Gasteiger partial charge in [-0.05, 0) is 12.1 Å². The number of hydrogen-bond donors (Lipinski definition) is 1. The monoisotopic (exact) mass is 329 g/mol. The van der Waals surface area contributed by atoms with Crippen molar-refractivity contribution < 1.29 is 27.4 Å². The van der Waals surface area contributed by atoms with E-state index in [0.29, 0.717) is 11.5 Å². The lowest BCUT2D eigenvalue weighted by Crippen LogP contribution is -2.45. The van der Waals surface area contributed by atoms with Crippen molar-refractivity contribution in [2.75, 3.05) is 32.3 Å². The number of benzene rings is 1. The SMILES string of the molecule is COc1cccc(OCC(=O)N[C@@H]2CS(=O)(=O)C[C@H]2OC)c1. The van der Waals surface area contributed by atoms with Crippen LogP contribution in [0.1, 0.15) is 0 Å². The first-order valence-electron chi connectivity index (χ1n) is 6.73. The first-order valence-corrected chi connectivity index (χ1v) is 8.55. The van der Waals surface area contributed by atoms with E-state index in [1.54, 1.807) is 24.3 Å². The third kappa shape index (κ3) is 4.35. The van der Waals surface area contributed by atoms with Gasteiger partial charge >= 0.3 is 0 Å². The number of nitrogens with one attached hydrogen (secondary N) is 1. The fourth-order valence-corrected chi connectivity index (χ4v) is 4.12. The fourth-order valence-electron chi connectivity index (χ4n) is 2.27. The van der Waals surface area contributed by atoms with Gasteiger partial charge in [0.2, 0.25) is 0 Å². The smallest absolute Gasteiger partial charge is 0.258 e. The van der Waals surface area contributed by atoms with Gasteiger partial charge in [-0.25, -0.2) is 8.42 Å². The molecule has 1 aliphatic rings. The number of ether oxygens (including phenoxy) is 3. The highest BCUT2D eigenvalue weighted by Gasteiger charge is 2.38. The Morgan fingerprint density at radius 1 is 1.27 bits per heavy atom. The lowest BCUT2D eigenvalue weighted by atomic mass is 10.2. The van der Waals surface area contributed by atoms with Crippen molar-refractivity contribution in [3.05, 3.63) is 24.3 Å². The zero-order valence-corrected chi connectivity index (χ0v) is 13.3. The lowest BCUT2D eigenvalue weighted by Gasteiger charge is -2.18. The van der Waals surface area contributed by atoms with Crippen LogP contribution in [-0.4, -0.2) is 58.8 Å². The standard InChI is InChI=1S/C14H19NO6S/c1-19-10-4-3-5-11(6-10)21-7-14(16)15-12-8-22(17,18)9-13(12)20-2/h3-6,12-13H,7-9H2,1-2H3,(H,15,16)/t12-,13-/m1/s1. The van der Waals surface area contributed by atoms with E-state index in [1.807, 2.05) is 0 Å². The minimum absolute atomic E-state index is 0.0782. The van der Waals surface area contributed by atoms with Crippen molar-refractivity contribution in [2.45, 2.75) is 12.1 Å². The maximum absolute atomic E-state index is 11.9. The Morgan fingerprint density at radius 2 is 2.00 bits per heavy atom. The topological polar surface area (TPSA) is 90.9 Å². The minimum atomic E-state index is -3.18. The van der Waals surface area contributed by atoms with Gasteiger partial charge in [-0.1, -0.05) is 6.07 Å². The van der Waals surface area contributed by atoms with Crippen LogP contribution in [0, 0.1) is 0 Å². The largest absolute Gasteiger partial charge is 0.497 e. The van der Waals surface area contributed by atoms with Gasteiger partial charge in [0.05, 0.1) is 30.8 Å². The van der Waals surface area contributed by atoms with Gasteiger partial charge < -0.3 is 19.5 Å². The molecule has 0 bridgehead atoms. The molecular weight excluding hydrogens is 310 g/mol. The van der Waals surface area contributed by atoms with E-state index in [2.05, 4.69) is 5.32 Å². The molecule has 0 spiro atoms. The molecule has 1 aliphatic heterocycles. The van der Waals surface area contributed by atoms with Crippen LogP contribution in [0.2, 0.25) is 0 Å². The van der Waals surface area contributed by atoms with Crippen molar-refractivity contribution in [3.63, 3.8) is 0 Å². The zero-order chi connectivity index (χ0) is 16.2. The van der Waals surface area contributed by atoms with Crippen molar-refractivity contribution in [1.29, 1.82) is 0 Å². The van der Waals surface area contributed by atoms with Crippen LogP contribution in [0.4, 0.5) is 0 Å². The summed E-state index contributed by atoms with van der Waals surface area (Å²) in [6.07, 6.45) is -0.522. The van der Waals surface area contributed by atoms with Crippen LogP contribution in [-0.2, 0) is 19.4 Å². The second kappa shape index (κ2) is 6.97. The van der Waals surface area contributed by atoms with Crippen LogP contribution < -0.4 is 14.8 Å².